The lowest BCUT2D eigenvalue weighted by atomic mass is 9.67. The van der Waals surface area contributed by atoms with Crippen LogP contribution in [-0.2, 0) is 20.2 Å². The molecule has 2 aromatic carbocycles. The van der Waals surface area contributed by atoms with E-state index in [1.807, 2.05) is 37.3 Å². The molecule has 0 saturated carbocycles. The standard InChI is InChI=1S/C24H30N2O4S/c1-4-30-23(27)25-14-12-24(13-15-25)17-26(31(3,28)29)22(19-8-6-5-7-9-19)20-16-18(2)10-11-21(20)24/h5-11,16,22H,4,12-15,17H2,1-3H3. The lowest BCUT2D eigenvalue weighted by Gasteiger charge is -2.50. The smallest absolute Gasteiger partial charge is 0.409 e. The Morgan fingerprint density at radius 1 is 1.13 bits per heavy atom. The average molecular weight is 443 g/mol. The molecule has 0 bridgehead atoms. The van der Waals surface area contributed by atoms with Crippen LogP contribution in [0.4, 0.5) is 4.79 Å². The van der Waals surface area contributed by atoms with E-state index in [1.165, 1.54) is 11.8 Å². The molecular formula is C24H30N2O4S. The zero-order valence-electron chi connectivity index (χ0n) is 18.4. The van der Waals surface area contributed by atoms with Gasteiger partial charge in [0, 0.05) is 25.0 Å². The van der Waals surface area contributed by atoms with Crippen LogP contribution in [0.1, 0.15) is 48.1 Å². The molecular weight excluding hydrogens is 412 g/mol. The van der Waals surface area contributed by atoms with Gasteiger partial charge in [0.1, 0.15) is 0 Å². The lowest BCUT2D eigenvalue weighted by Crippen LogP contribution is -2.55. The number of carbonyl (C=O) groups excluding carboxylic acids is 1. The van der Waals surface area contributed by atoms with E-state index in [0.29, 0.717) is 39.1 Å². The molecule has 2 aliphatic rings. The number of aryl methyl sites for hydroxylation is 1. The largest absolute Gasteiger partial charge is 0.450 e. The molecule has 0 aliphatic carbocycles. The molecule has 2 heterocycles. The first-order valence-corrected chi connectivity index (χ1v) is 12.6. The molecule has 1 saturated heterocycles. The van der Waals surface area contributed by atoms with Crippen LogP contribution in [0.5, 0.6) is 0 Å². The second-order valence-corrected chi connectivity index (χ2v) is 10.6. The number of ether oxygens (including phenoxy) is 1. The van der Waals surface area contributed by atoms with Gasteiger partial charge in [-0.05, 0) is 43.4 Å². The van der Waals surface area contributed by atoms with Crippen molar-refractivity contribution in [2.24, 2.45) is 0 Å². The SMILES string of the molecule is CCOC(=O)N1CCC2(CC1)CN(S(C)(=O)=O)C(c1ccccc1)c1cc(C)ccc12. The van der Waals surface area contributed by atoms with E-state index in [2.05, 4.69) is 18.2 Å². The number of piperidine rings is 1. The van der Waals surface area contributed by atoms with Crippen LogP contribution in [-0.4, -0.2) is 56.2 Å². The third kappa shape index (κ3) is 4.08. The van der Waals surface area contributed by atoms with Crippen LogP contribution < -0.4 is 0 Å². The molecule has 0 radical (unpaired) electrons. The van der Waals surface area contributed by atoms with E-state index in [4.69, 9.17) is 4.74 Å². The zero-order valence-corrected chi connectivity index (χ0v) is 19.2. The van der Waals surface area contributed by atoms with Crippen LogP contribution in [0.15, 0.2) is 48.5 Å². The van der Waals surface area contributed by atoms with Gasteiger partial charge in [0.25, 0.3) is 0 Å². The number of sulfonamides is 1. The highest BCUT2D eigenvalue weighted by Crippen LogP contribution is 2.48. The van der Waals surface area contributed by atoms with Gasteiger partial charge in [-0.25, -0.2) is 13.2 Å². The van der Waals surface area contributed by atoms with Crippen LogP contribution in [0.2, 0.25) is 0 Å². The first kappa shape index (κ1) is 21.8. The molecule has 1 spiro atoms. The molecule has 31 heavy (non-hydrogen) atoms. The Morgan fingerprint density at radius 2 is 1.81 bits per heavy atom. The van der Waals surface area contributed by atoms with Gasteiger partial charge in [-0.3, -0.25) is 0 Å². The second kappa shape index (κ2) is 8.28. The highest BCUT2D eigenvalue weighted by atomic mass is 32.2. The van der Waals surface area contributed by atoms with Gasteiger partial charge in [-0.2, -0.15) is 4.31 Å². The van der Waals surface area contributed by atoms with Crippen molar-refractivity contribution < 1.29 is 17.9 Å². The first-order chi connectivity index (χ1) is 14.7. The number of fused-ring (bicyclic) bond motifs is 2. The molecule has 1 unspecified atom stereocenters. The Hall–Kier alpha value is -2.38. The molecule has 1 atom stereocenters. The third-order valence-electron chi connectivity index (χ3n) is 6.61. The summed E-state index contributed by atoms with van der Waals surface area (Å²) in [5.41, 5.74) is 4.01. The molecule has 0 aromatic heterocycles. The van der Waals surface area contributed by atoms with E-state index in [0.717, 1.165) is 16.7 Å². The van der Waals surface area contributed by atoms with Crippen molar-refractivity contribution >= 4 is 16.1 Å². The molecule has 166 valence electrons. The average Bonchev–Trinajstić information content (AvgIpc) is 2.74. The van der Waals surface area contributed by atoms with E-state index in [1.54, 1.807) is 16.1 Å². The Balaban J connectivity index is 1.80. The van der Waals surface area contributed by atoms with Crippen molar-refractivity contribution in [1.82, 2.24) is 9.21 Å². The Labute approximate surface area is 184 Å². The quantitative estimate of drug-likeness (QED) is 0.724. The molecule has 2 aromatic rings. The summed E-state index contributed by atoms with van der Waals surface area (Å²) in [4.78, 5) is 14.0. The Bertz CT molecular complexity index is 1060. The fourth-order valence-corrected chi connectivity index (χ4v) is 6.17. The van der Waals surface area contributed by atoms with Crippen molar-refractivity contribution in [1.29, 1.82) is 0 Å². The van der Waals surface area contributed by atoms with Gasteiger partial charge in [0.2, 0.25) is 10.0 Å². The topological polar surface area (TPSA) is 66.9 Å². The monoisotopic (exact) mass is 442 g/mol. The number of carbonyl (C=O) groups is 1. The maximum atomic E-state index is 13.0. The van der Waals surface area contributed by atoms with E-state index in [-0.39, 0.29) is 17.6 Å². The minimum Gasteiger partial charge on any atom is -0.450 e. The summed E-state index contributed by atoms with van der Waals surface area (Å²) < 4.78 is 32.8. The maximum Gasteiger partial charge on any atom is 0.409 e. The summed E-state index contributed by atoms with van der Waals surface area (Å²) >= 11 is 0. The lowest BCUT2D eigenvalue weighted by molar-refractivity contribution is 0.0777. The molecule has 1 amide bonds. The van der Waals surface area contributed by atoms with Gasteiger partial charge >= 0.3 is 6.09 Å². The van der Waals surface area contributed by atoms with Crippen molar-refractivity contribution in [3.63, 3.8) is 0 Å². The number of hydrogen-bond acceptors (Lipinski definition) is 4. The van der Waals surface area contributed by atoms with E-state index >= 15 is 0 Å². The summed E-state index contributed by atoms with van der Waals surface area (Å²) in [6.07, 6.45) is 2.41. The van der Waals surface area contributed by atoms with Gasteiger partial charge in [0.05, 0.1) is 18.9 Å². The Kier molecular flexibility index (Phi) is 5.83. The van der Waals surface area contributed by atoms with Crippen LogP contribution in [0, 0.1) is 6.92 Å². The van der Waals surface area contributed by atoms with Crippen molar-refractivity contribution in [3.8, 4) is 0 Å². The number of nitrogens with zero attached hydrogens (tertiary/aromatic N) is 2. The molecule has 0 N–H and O–H groups in total. The third-order valence-corrected chi connectivity index (χ3v) is 7.80. The van der Waals surface area contributed by atoms with Crippen LogP contribution in [0.25, 0.3) is 0 Å². The minimum atomic E-state index is -3.46. The number of likely N-dealkylation sites (tertiary alicyclic amines) is 1. The van der Waals surface area contributed by atoms with E-state index < -0.39 is 10.0 Å². The van der Waals surface area contributed by atoms with Crippen LogP contribution in [0.3, 0.4) is 0 Å². The molecule has 6 nitrogen and oxygen atoms in total. The number of amides is 1. The number of hydrogen-bond donors (Lipinski definition) is 0. The summed E-state index contributed by atoms with van der Waals surface area (Å²) in [6.45, 7) is 5.72. The number of benzene rings is 2. The van der Waals surface area contributed by atoms with Gasteiger partial charge < -0.3 is 9.64 Å². The molecule has 2 aliphatic heterocycles. The predicted molar refractivity (Wildman–Crippen MR) is 121 cm³/mol. The van der Waals surface area contributed by atoms with Crippen molar-refractivity contribution in [3.05, 3.63) is 70.8 Å². The second-order valence-electron chi connectivity index (χ2n) is 8.68. The van der Waals surface area contributed by atoms with Gasteiger partial charge in [0.15, 0.2) is 0 Å². The normalized spacial score (nSPS) is 21.0. The fraction of sp³-hybridized carbons (Fsp3) is 0.458. The van der Waals surface area contributed by atoms with Crippen molar-refractivity contribution in [2.75, 3.05) is 32.5 Å². The molecule has 7 heteroatoms. The van der Waals surface area contributed by atoms with Crippen LogP contribution >= 0.6 is 0 Å². The summed E-state index contributed by atoms with van der Waals surface area (Å²) in [5.74, 6) is 0. The predicted octanol–water partition coefficient (Wildman–Crippen LogP) is 3.85. The van der Waals surface area contributed by atoms with Gasteiger partial charge in [-0.15, -0.1) is 0 Å². The Morgan fingerprint density at radius 3 is 2.42 bits per heavy atom. The highest BCUT2D eigenvalue weighted by Gasteiger charge is 2.48. The summed E-state index contributed by atoms with van der Waals surface area (Å²) in [6, 6.07) is 15.9. The maximum absolute atomic E-state index is 13.0. The van der Waals surface area contributed by atoms with Crippen molar-refractivity contribution in [2.45, 2.75) is 38.1 Å². The summed E-state index contributed by atoms with van der Waals surface area (Å²) in [5, 5.41) is 0. The molecule has 1 fully saturated rings. The highest BCUT2D eigenvalue weighted by molar-refractivity contribution is 7.88. The van der Waals surface area contributed by atoms with Gasteiger partial charge in [-0.1, -0.05) is 54.1 Å². The zero-order chi connectivity index (χ0) is 22.2. The minimum absolute atomic E-state index is 0.292. The summed E-state index contributed by atoms with van der Waals surface area (Å²) in [7, 11) is -3.46. The fourth-order valence-electron chi connectivity index (χ4n) is 5.07. The molecule has 4 rings (SSSR count). The van der Waals surface area contributed by atoms with E-state index in [9.17, 15) is 13.2 Å². The number of rotatable bonds is 3. The first-order valence-electron chi connectivity index (χ1n) is 10.8.